The first kappa shape index (κ1) is 18.3. The van der Waals surface area contributed by atoms with E-state index in [1.807, 2.05) is 18.2 Å². The second kappa shape index (κ2) is 7.02. The number of methoxy groups -OCH3 is 3. The average Bonchev–Trinajstić information content (AvgIpc) is 2.63. The topological polar surface area (TPSA) is 50.8 Å². The molecular formula is C21H25NO4. The molecule has 3 rings (SSSR count). The molecule has 0 spiro atoms. The fourth-order valence-electron chi connectivity index (χ4n) is 3.39. The summed E-state index contributed by atoms with van der Waals surface area (Å²) in [6.45, 7) is 0.487. The molecule has 0 fully saturated rings. The van der Waals surface area contributed by atoms with Crippen LogP contribution >= 0.6 is 0 Å². The number of benzene rings is 3. The molecule has 0 N–H and O–H groups in total. The van der Waals surface area contributed by atoms with Gasteiger partial charge in [-0.15, -0.1) is 0 Å². The van der Waals surface area contributed by atoms with Crippen molar-refractivity contribution in [2.45, 2.75) is 6.42 Å². The van der Waals surface area contributed by atoms with Crippen LogP contribution < -0.4 is 14.2 Å². The van der Waals surface area contributed by atoms with Gasteiger partial charge in [-0.05, 0) is 28.5 Å². The molecule has 0 radical (unpaired) electrons. The molecule has 0 aliphatic carbocycles. The van der Waals surface area contributed by atoms with E-state index in [4.69, 9.17) is 14.2 Å². The third-order valence-electron chi connectivity index (χ3n) is 4.69. The van der Waals surface area contributed by atoms with Crippen molar-refractivity contribution >= 4 is 21.5 Å². The van der Waals surface area contributed by atoms with Gasteiger partial charge in [0.2, 0.25) is 0 Å². The third-order valence-corrected chi connectivity index (χ3v) is 4.69. The van der Waals surface area contributed by atoms with E-state index in [9.17, 15) is 5.21 Å². The molecule has 0 atom stereocenters. The number of hydroxylamine groups is 3. The van der Waals surface area contributed by atoms with E-state index in [0.717, 1.165) is 32.9 Å². The van der Waals surface area contributed by atoms with Gasteiger partial charge in [0.15, 0.2) is 11.5 Å². The maximum atomic E-state index is 12.1. The molecule has 5 heteroatoms. The van der Waals surface area contributed by atoms with Crippen LogP contribution in [0.2, 0.25) is 0 Å². The normalized spacial score (nSPS) is 11.8. The van der Waals surface area contributed by atoms with E-state index < -0.39 is 0 Å². The Bertz CT molecular complexity index is 944. The van der Waals surface area contributed by atoms with Crippen LogP contribution in [0, 0.1) is 5.21 Å². The summed E-state index contributed by atoms with van der Waals surface area (Å²) in [5.41, 5.74) is 1.07. The average molecular weight is 355 g/mol. The molecule has 0 aromatic heterocycles. The zero-order valence-corrected chi connectivity index (χ0v) is 16.0. The SMILES string of the molecule is COc1cc(CC[N+](C)(C)[O-])c2ccc3c(OC)cccc3c2c1OC. The van der Waals surface area contributed by atoms with Crippen molar-refractivity contribution in [3.8, 4) is 17.2 Å². The first-order chi connectivity index (χ1) is 12.4. The predicted octanol–water partition coefficient (Wildman–Crippen LogP) is 4.14. The maximum absolute atomic E-state index is 12.1. The second-order valence-corrected chi connectivity index (χ2v) is 6.86. The monoisotopic (exact) mass is 355 g/mol. The smallest absolute Gasteiger partial charge is 0.169 e. The molecule has 0 saturated heterocycles. The quantitative estimate of drug-likeness (QED) is 0.379. The van der Waals surface area contributed by atoms with E-state index in [2.05, 4.69) is 18.2 Å². The second-order valence-electron chi connectivity index (χ2n) is 6.86. The Labute approximate surface area is 153 Å². The van der Waals surface area contributed by atoms with Crippen molar-refractivity contribution in [3.05, 3.63) is 47.2 Å². The van der Waals surface area contributed by atoms with E-state index >= 15 is 0 Å². The molecule has 0 bridgehead atoms. The van der Waals surface area contributed by atoms with Crippen molar-refractivity contribution in [2.24, 2.45) is 0 Å². The Hall–Kier alpha value is -2.50. The molecule has 0 unspecified atom stereocenters. The minimum Gasteiger partial charge on any atom is -0.633 e. The summed E-state index contributed by atoms with van der Waals surface area (Å²) >= 11 is 0. The molecule has 3 aromatic rings. The summed E-state index contributed by atoms with van der Waals surface area (Å²) in [6.07, 6.45) is 0.656. The third kappa shape index (κ3) is 3.28. The molecule has 3 aromatic carbocycles. The standard InChI is InChI=1S/C21H25NO4/c1-22(2,23)12-11-14-13-19(25-4)21(26-5)20-15(14)9-10-16-17(20)7-6-8-18(16)24-3/h6-10,13H,11-12H2,1-5H3. The lowest BCUT2D eigenvalue weighted by molar-refractivity contribution is -0.839. The number of likely N-dealkylation sites (N-methyl/N-ethyl adjacent to an activating group) is 1. The van der Waals surface area contributed by atoms with Crippen LogP contribution in [0.5, 0.6) is 17.2 Å². The number of nitrogens with zero attached hydrogens (tertiary/aromatic N) is 1. The zero-order valence-electron chi connectivity index (χ0n) is 16.0. The summed E-state index contributed by atoms with van der Waals surface area (Å²) in [7, 11) is 8.26. The van der Waals surface area contributed by atoms with Gasteiger partial charge in [-0.2, -0.15) is 0 Å². The Morgan fingerprint density at radius 3 is 2.15 bits per heavy atom. The Morgan fingerprint density at radius 2 is 1.54 bits per heavy atom. The van der Waals surface area contributed by atoms with E-state index in [0.29, 0.717) is 24.5 Å². The molecule has 0 heterocycles. The molecule has 0 aliphatic rings. The highest BCUT2D eigenvalue weighted by Gasteiger charge is 2.18. The minimum atomic E-state index is -0.336. The highest BCUT2D eigenvalue weighted by atomic mass is 16.5. The lowest BCUT2D eigenvalue weighted by Gasteiger charge is -2.34. The van der Waals surface area contributed by atoms with E-state index in [-0.39, 0.29) is 4.65 Å². The maximum Gasteiger partial charge on any atom is 0.169 e. The summed E-state index contributed by atoms with van der Waals surface area (Å²) in [5.74, 6) is 2.18. The number of rotatable bonds is 6. The van der Waals surface area contributed by atoms with Crippen molar-refractivity contribution in [3.63, 3.8) is 0 Å². The van der Waals surface area contributed by atoms with Crippen molar-refractivity contribution in [1.82, 2.24) is 0 Å². The highest BCUT2D eigenvalue weighted by Crippen LogP contribution is 2.43. The summed E-state index contributed by atoms with van der Waals surface area (Å²) in [6, 6.07) is 12.1. The van der Waals surface area contributed by atoms with Gasteiger partial charge in [-0.1, -0.05) is 24.3 Å². The molecule has 26 heavy (non-hydrogen) atoms. The fourth-order valence-corrected chi connectivity index (χ4v) is 3.39. The summed E-state index contributed by atoms with van der Waals surface area (Å²) < 4.78 is 16.5. The van der Waals surface area contributed by atoms with Crippen LogP contribution in [-0.4, -0.2) is 46.6 Å². The Morgan fingerprint density at radius 1 is 0.846 bits per heavy atom. The number of hydrogen-bond donors (Lipinski definition) is 0. The highest BCUT2D eigenvalue weighted by molar-refractivity contribution is 6.14. The molecule has 0 aliphatic heterocycles. The number of ether oxygens (including phenoxy) is 3. The molecule has 5 nitrogen and oxygen atoms in total. The van der Waals surface area contributed by atoms with E-state index in [1.54, 1.807) is 35.4 Å². The molecule has 0 amide bonds. The first-order valence-electron chi connectivity index (χ1n) is 8.57. The van der Waals surface area contributed by atoms with Gasteiger partial charge in [0.05, 0.1) is 42.0 Å². The first-order valence-corrected chi connectivity index (χ1v) is 8.57. The largest absolute Gasteiger partial charge is 0.633 e. The summed E-state index contributed by atoms with van der Waals surface area (Å²) in [5, 5.41) is 16.1. The van der Waals surface area contributed by atoms with Crippen LogP contribution in [0.15, 0.2) is 36.4 Å². The van der Waals surface area contributed by atoms with Gasteiger partial charge in [0, 0.05) is 17.2 Å². The van der Waals surface area contributed by atoms with Crippen molar-refractivity contribution in [2.75, 3.05) is 42.0 Å². The van der Waals surface area contributed by atoms with Gasteiger partial charge < -0.3 is 24.1 Å². The minimum absolute atomic E-state index is 0.336. The molecule has 138 valence electrons. The van der Waals surface area contributed by atoms with Crippen LogP contribution in [0.25, 0.3) is 21.5 Å². The number of quaternary nitrogens is 1. The zero-order chi connectivity index (χ0) is 18.9. The lowest BCUT2D eigenvalue weighted by Crippen LogP contribution is -2.34. The van der Waals surface area contributed by atoms with E-state index in [1.165, 1.54) is 0 Å². The Kier molecular flexibility index (Phi) is 4.94. The van der Waals surface area contributed by atoms with Crippen LogP contribution in [0.4, 0.5) is 0 Å². The van der Waals surface area contributed by atoms with Crippen LogP contribution in [-0.2, 0) is 6.42 Å². The fraction of sp³-hybridized carbons (Fsp3) is 0.333. The van der Waals surface area contributed by atoms with Crippen LogP contribution in [0.1, 0.15) is 5.56 Å². The molecule has 0 saturated carbocycles. The van der Waals surface area contributed by atoms with Crippen molar-refractivity contribution < 1.29 is 18.9 Å². The van der Waals surface area contributed by atoms with Crippen molar-refractivity contribution in [1.29, 1.82) is 0 Å². The van der Waals surface area contributed by atoms with Gasteiger partial charge in [-0.3, -0.25) is 0 Å². The Balaban J connectivity index is 2.35. The van der Waals surface area contributed by atoms with Gasteiger partial charge >= 0.3 is 0 Å². The number of hydrogen-bond acceptors (Lipinski definition) is 4. The number of fused-ring (bicyclic) bond motifs is 3. The predicted molar refractivity (Wildman–Crippen MR) is 105 cm³/mol. The van der Waals surface area contributed by atoms with Gasteiger partial charge in [-0.25, -0.2) is 0 Å². The van der Waals surface area contributed by atoms with Gasteiger partial charge in [0.1, 0.15) is 5.75 Å². The van der Waals surface area contributed by atoms with Crippen LogP contribution in [0.3, 0.4) is 0 Å². The lowest BCUT2D eigenvalue weighted by atomic mass is 9.95. The van der Waals surface area contributed by atoms with Gasteiger partial charge in [0.25, 0.3) is 0 Å². The summed E-state index contributed by atoms with van der Waals surface area (Å²) in [4.78, 5) is 0. The molecular weight excluding hydrogens is 330 g/mol.